The van der Waals surface area contributed by atoms with Gasteiger partial charge in [-0.1, -0.05) is 44.5 Å². The number of benzene rings is 1. The van der Waals surface area contributed by atoms with Gasteiger partial charge in [-0.2, -0.15) is 5.10 Å². The van der Waals surface area contributed by atoms with Crippen molar-refractivity contribution in [2.45, 2.75) is 65.5 Å². The Hall–Kier alpha value is -2.84. The fourth-order valence-corrected chi connectivity index (χ4v) is 4.35. The molecule has 0 aliphatic carbocycles. The third kappa shape index (κ3) is 5.76. The number of aromatic nitrogens is 2. The maximum atomic E-state index is 13.1. The van der Waals surface area contributed by atoms with Gasteiger partial charge in [0.25, 0.3) is 0 Å². The van der Waals surface area contributed by atoms with Crippen LogP contribution in [0.3, 0.4) is 0 Å². The Morgan fingerprint density at radius 3 is 2.53 bits per heavy atom. The van der Waals surface area contributed by atoms with Crippen LogP contribution >= 0.6 is 11.6 Å². The molecule has 8 nitrogen and oxygen atoms in total. The molecule has 0 saturated heterocycles. The quantitative estimate of drug-likeness (QED) is 0.473. The predicted octanol–water partition coefficient (Wildman–Crippen LogP) is 5.26. The summed E-state index contributed by atoms with van der Waals surface area (Å²) in [6.07, 6.45) is 6.96. The SMILES string of the molecule is COCCN1C=C(c2cnn(C(C)(C)C(=O)O)c2)[C@](C)(c2ccc(CCC(C)(C)C)c(Cl)c2)NC1=O. The van der Waals surface area contributed by atoms with Crippen molar-refractivity contribution in [3.05, 3.63) is 58.5 Å². The number of hydrogen-bond acceptors (Lipinski definition) is 4. The topological polar surface area (TPSA) is 96.7 Å². The summed E-state index contributed by atoms with van der Waals surface area (Å²) in [6.45, 7) is 12.4. The van der Waals surface area contributed by atoms with Crippen LogP contribution in [-0.4, -0.2) is 52.0 Å². The first-order valence-corrected chi connectivity index (χ1v) is 12.4. The van der Waals surface area contributed by atoms with Gasteiger partial charge in [0.1, 0.15) is 0 Å². The second-order valence-corrected chi connectivity index (χ2v) is 11.6. The van der Waals surface area contributed by atoms with Gasteiger partial charge in [-0.15, -0.1) is 0 Å². The molecule has 2 heterocycles. The number of ether oxygens (including phenoxy) is 1. The van der Waals surface area contributed by atoms with Crippen LogP contribution in [0.4, 0.5) is 4.79 Å². The largest absolute Gasteiger partial charge is 0.479 e. The molecule has 9 heteroatoms. The number of carbonyl (C=O) groups is 2. The number of aliphatic carboxylic acids is 1. The number of methoxy groups -OCH3 is 1. The van der Waals surface area contributed by atoms with E-state index in [-0.39, 0.29) is 11.4 Å². The lowest BCUT2D eigenvalue weighted by Gasteiger charge is -2.40. The molecule has 1 aliphatic heterocycles. The molecule has 2 aromatic rings. The lowest BCUT2D eigenvalue weighted by atomic mass is 9.80. The normalized spacial score (nSPS) is 18.7. The van der Waals surface area contributed by atoms with E-state index in [1.54, 1.807) is 44.5 Å². The number of rotatable bonds is 9. The van der Waals surface area contributed by atoms with Crippen LogP contribution in [0, 0.1) is 5.41 Å². The minimum absolute atomic E-state index is 0.191. The number of carbonyl (C=O) groups excluding carboxylic acids is 1. The molecule has 1 aromatic heterocycles. The third-order valence-electron chi connectivity index (χ3n) is 6.74. The van der Waals surface area contributed by atoms with Crippen molar-refractivity contribution >= 4 is 29.2 Å². The Bertz CT molecular complexity index is 1160. The van der Waals surface area contributed by atoms with Gasteiger partial charge in [-0.25, -0.2) is 9.59 Å². The van der Waals surface area contributed by atoms with Crippen molar-refractivity contribution in [3.63, 3.8) is 0 Å². The highest BCUT2D eigenvalue weighted by Gasteiger charge is 2.41. The van der Waals surface area contributed by atoms with Crippen LogP contribution in [0.1, 0.15) is 64.7 Å². The second kappa shape index (κ2) is 10.3. The first kappa shape index (κ1) is 27.7. The van der Waals surface area contributed by atoms with Gasteiger partial charge in [-0.3, -0.25) is 9.58 Å². The summed E-state index contributed by atoms with van der Waals surface area (Å²) in [5.74, 6) is -0.995. The molecule has 0 unspecified atom stereocenters. The van der Waals surface area contributed by atoms with Crippen molar-refractivity contribution in [2.24, 2.45) is 5.41 Å². The molecule has 1 aliphatic rings. The average Bonchev–Trinajstić information content (AvgIpc) is 3.27. The maximum absolute atomic E-state index is 13.1. The van der Waals surface area contributed by atoms with Crippen LogP contribution in [0.15, 0.2) is 36.8 Å². The summed E-state index contributed by atoms with van der Waals surface area (Å²) in [4.78, 5) is 26.4. The van der Waals surface area contributed by atoms with Crippen molar-refractivity contribution in [1.82, 2.24) is 20.0 Å². The minimum atomic E-state index is -1.24. The molecule has 0 saturated carbocycles. The first-order valence-electron chi connectivity index (χ1n) is 12.1. The summed E-state index contributed by atoms with van der Waals surface area (Å²) in [6, 6.07) is 5.66. The van der Waals surface area contributed by atoms with Crippen molar-refractivity contribution in [3.8, 4) is 0 Å². The molecule has 2 N–H and O–H groups in total. The highest BCUT2D eigenvalue weighted by molar-refractivity contribution is 6.31. The summed E-state index contributed by atoms with van der Waals surface area (Å²) in [5.41, 5.74) is 1.38. The summed E-state index contributed by atoms with van der Waals surface area (Å²) in [5, 5.41) is 17.8. The number of urea groups is 1. The molecule has 1 atom stereocenters. The molecule has 0 spiro atoms. The number of hydrogen-bond donors (Lipinski definition) is 2. The zero-order valence-corrected chi connectivity index (χ0v) is 22.9. The van der Waals surface area contributed by atoms with E-state index in [1.807, 2.05) is 25.1 Å². The number of halogens is 1. The van der Waals surface area contributed by atoms with Crippen LogP contribution in [0.2, 0.25) is 5.02 Å². The van der Waals surface area contributed by atoms with Gasteiger partial charge in [0.05, 0.1) is 24.9 Å². The lowest BCUT2D eigenvalue weighted by molar-refractivity contribution is -0.146. The van der Waals surface area contributed by atoms with Crippen molar-refractivity contribution < 1.29 is 19.4 Å². The highest BCUT2D eigenvalue weighted by atomic mass is 35.5. The van der Waals surface area contributed by atoms with Crippen LogP contribution in [-0.2, 0) is 27.0 Å². The molecular formula is C27H37ClN4O4. The fourth-order valence-electron chi connectivity index (χ4n) is 4.08. The Balaban J connectivity index is 2.07. The number of nitrogens with zero attached hydrogens (tertiary/aromatic N) is 3. The monoisotopic (exact) mass is 516 g/mol. The third-order valence-corrected chi connectivity index (χ3v) is 7.09. The van der Waals surface area contributed by atoms with E-state index >= 15 is 0 Å². The van der Waals surface area contributed by atoms with E-state index in [0.29, 0.717) is 23.7 Å². The van der Waals surface area contributed by atoms with Crippen LogP contribution in [0.5, 0.6) is 0 Å². The van der Waals surface area contributed by atoms with E-state index in [4.69, 9.17) is 16.3 Å². The molecule has 1 aromatic carbocycles. The summed E-state index contributed by atoms with van der Waals surface area (Å²) in [7, 11) is 1.58. The van der Waals surface area contributed by atoms with E-state index in [2.05, 4.69) is 31.2 Å². The first-order chi connectivity index (χ1) is 16.7. The smallest absolute Gasteiger partial charge is 0.331 e. The average molecular weight is 517 g/mol. The number of amides is 2. The Morgan fingerprint density at radius 2 is 1.94 bits per heavy atom. The van der Waals surface area contributed by atoms with Crippen molar-refractivity contribution in [2.75, 3.05) is 20.3 Å². The van der Waals surface area contributed by atoms with Gasteiger partial charge in [0, 0.05) is 35.7 Å². The highest BCUT2D eigenvalue weighted by Crippen LogP contribution is 2.41. The summed E-state index contributed by atoms with van der Waals surface area (Å²) < 4.78 is 6.59. The number of carboxylic acid groups (broad SMARTS) is 1. The lowest BCUT2D eigenvalue weighted by Crippen LogP contribution is -2.53. The Labute approximate surface area is 218 Å². The van der Waals surface area contributed by atoms with E-state index < -0.39 is 17.0 Å². The maximum Gasteiger partial charge on any atom is 0.331 e. The molecule has 36 heavy (non-hydrogen) atoms. The van der Waals surface area contributed by atoms with Gasteiger partial charge in [0.15, 0.2) is 5.54 Å². The zero-order chi connectivity index (χ0) is 26.9. The van der Waals surface area contributed by atoms with E-state index in [1.165, 1.54) is 4.68 Å². The predicted molar refractivity (Wildman–Crippen MR) is 141 cm³/mol. The number of carboxylic acids is 1. The minimum Gasteiger partial charge on any atom is -0.479 e. The molecular weight excluding hydrogens is 480 g/mol. The number of nitrogens with one attached hydrogen (secondary N) is 1. The molecule has 0 radical (unpaired) electrons. The van der Waals surface area contributed by atoms with Gasteiger partial charge in [0.2, 0.25) is 0 Å². The summed E-state index contributed by atoms with van der Waals surface area (Å²) >= 11 is 6.72. The van der Waals surface area contributed by atoms with Gasteiger partial charge < -0.3 is 15.2 Å². The van der Waals surface area contributed by atoms with Crippen LogP contribution in [0.25, 0.3) is 5.57 Å². The van der Waals surface area contributed by atoms with E-state index in [0.717, 1.165) is 29.5 Å². The molecule has 0 bridgehead atoms. The molecule has 0 fully saturated rings. The second-order valence-electron chi connectivity index (χ2n) is 11.2. The van der Waals surface area contributed by atoms with Gasteiger partial charge in [-0.05, 0) is 56.2 Å². The zero-order valence-electron chi connectivity index (χ0n) is 22.2. The Kier molecular flexibility index (Phi) is 7.91. The van der Waals surface area contributed by atoms with Crippen molar-refractivity contribution in [1.29, 1.82) is 0 Å². The fraction of sp³-hybridized carbons (Fsp3) is 0.519. The molecule has 196 valence electrons. The molecule has 2 amide bonds. The van der Waals surface area contributed by atoms with Gasteiger partial charge >= 0.3 is 12.0 Å². The number of aryl methyl sites for hydroxylation is 1. The molecule has 3 rings (SSSR count). The van der Waals surface area contributed by atoms with Crippen LogP contribution < -0.4 is 5.32 Å². The standard InChI is InChI=1S/C27H37ClN4O4/c1-25(2,3)11-10-18-8-9-20(14-22(18)28)27(6)21(17-31(12-13-36-7)24(35)30-27)19-15-29-32(16-19)26(4,5)23(33)34/h8-9,14-17H,10-13H2,1-7H3,(H,30,35)(H,33,34)/t27-/m0/s1. The van der Waals surface area contributed by atoms with E-state index in [9.17, 15) is 14.7 Å². The Morgan fingerprint density at radius 1 is 1.25 bits per heavy atom.